The lowest BCUT2D eigenvalue weighted by molar-refractivity contribution is -0.140. The predicted molar refractivity (Wildman–Crippen MR) is 149 cm³/mol. The number of H-pyrrole nitrogens is 1. The molecule has 0 aliphatic carbocycles. The fourth-order valence-corrected chi connectivity index (χ4v) is 4.55. The van der Waals surface area contributed by atoms with Crippen molar-refractivity contribution in [1.82, 2.24) is 15.6 Å². The molecular weight excluding hydrogens is 517 g/mol. The molecule has 4 N–H and O–H groups in total. The summed E-state index contributed by atoms with van der Waals surface area (Å²) in [4.78, 5) is 54.2. The van der Waals surface area contributed by atoms with Gasteiger partial charge in [0.05, 0.1) is 6.42 Å². The number of carboxylic acids is 1. The summed E-state index contributed by atoms with van der Waals surface area (Å²) in [5.74, 6) is -4.24. The molecule has 214 valence electrons. The van der Waals surface area contributed by atoms with E-state index in [0.717, 1.165) is 28.1 Å². The van der Waals surface area contributed by atoms with Crippen LogP contribution in [0.3, 0.4) is 0 Å². The van der Waals surface area contributed by atoms with Gasteiger partial charge in [-0.05, 0) is 54.5 Å². The summed E-state index contributed by atoms with van der Waals surface area (Å²) in [6, 6.07) is 8.73. The Hall–Kier alpha value is -4.21. The number of benzene rings is 2. The van der Waals surface area contributed by atoms with Gasteiger partial charge >= 0.3 is 5.97 Å². The van der Waals surface area contributed by atoms with Crippen molar-refractivity contribution in [2.45, 2.75) is 59.5 Å². The molecule has 9 nitrogen and oxygen atoms in total. The van der Waals surface area contributed by atoms with Gasteiger partial charge in [0.1, 0.15) is 24.4 Å². The van der Waals surface area contributed by atoms with E-state index in [-0.39, 0.29) is 17.6 Å². The van der Waals surface area contributed by atoms with Crippen LogP contribution in [0.15, 0.2) is 42.5 Å². The summed E-state index contributed by atoms with van der Waals surface area (Å²) in [6.07, 6.45) is -0.0624. The van der Waals surface area contributed by atoms with Crippen LogP contribution in [-0.2, 0) is 20.8 Å². The zero-order valence-corrected chi connectivity index (χ0v) is 23.3. The lowest BCUT2D eigenvalue weighted by atomic mass is 9.96. The molecule has 0 saturated carbocycles. The lowest BCUT2D eigenvalue weighted by Gasteiger charge is -2.24. The summed E-state index contributed by atoms with van der Waals surface area (Å²) in [5, 5.41) is 15.5. The van der Waals surface area contributed by atoms with Gasteiger partial charge in [-0.2, -0.15) is 0 Å². The van der Waals surface area contributed by atoms with Gasteiger partial charge in [0, 0.05) is 10.9 Å². The predicted octanol–water partition coefficient (Wildman–Crippen LogP) is 4.18. The molecule has 0 aliphatic heterocycles. The van der Waals surface area contributed by atoms with E-state index in [0.29, 0.717) is 12.1 Å². The molecule has 1 aromatic heterocycles. The maximum absolute atomic E-state index is 13.9. The Labute approximate surface area is 232 Å². The van der Waals surface area contributed by atoms with Crippen LogP contribution in [-0.4, -0.2) is 52.3 Å². The first kappa shape index (κ1) is 30.3. The summed E-state index contributed by atoms with van der Waals surface area (Å²) >= 11 is 0. The number of carboxylic acid groups (broad SMARTS) is 1. The molecule has 40 heavy (non-hydrogen) atoms. The number of ether oxygens (including phenoxy) is 1. The van der Waals surface area contributed by atoms with Crippen molar-refractivity contribution in [3.05, 3.63) is 65.1 Å². The third kappa shape index (κ3) is 7.46. The molecule has 0 bridgehead atoms. The zero-order chi connectivity index (χ0) is 29.6. The molecular formula is C30H36FN3O6. The zero-order valence-electron chi connectivity index (χ0n) is 23.3. The number of ketones is 1. The molecule has 2 amide bonds. The third-order valence-corrected chi connectivity index (χ3v) is 6.50. The van der Waals surface area contributed by atoms with E-state index in [2.05, 4.69) is 29.5 Å². The fourth-order valence-electron chi connectivity index (χ4n) is 4.55. The van der Waals surface area contributed by atoms with E-state index in [1.807, 2.05) is 25.1 Å². The summed E-state index contributed by atoms with van der Waals surface area (Å²) in [7, 11) is 0. The number of hydrogen-bond donors (Lipinski definition) is 4. The van der Waals surface area contributed by atoms with Gasteiger partial charge in [0.15, 0.2) is 17.3 Å². The summed E-state index contributed by atoms with van der Waals surface area (Å²) in [6.45, 7) is 8.89. The second-order valence-corrected chi connectivity index (χ2v) is 10.6. The maximum Gasteiger partial charge on any atom is 0.305 e. The number of hydrogen-bond acceptors (Lipinski definition) is 5. The smallest absolute Gasteiger partial charge is 0.305 e. The van der Waals surface area contributed by atoms with Crippen molar-refractivity contribution < 1.29 is 33.4 Å². The molecule has 0 fully saturated rings. The second kappa shape index (κ2) is 13.2. The van der Waals surface area contributed by atoms with Crippen LogP contribution in [0.4, 0.5) is 4.39 Å². The van der Waals surface area contributed by atoms with E-state index in [1.165, 1.54) is 18.2 Å². The molecule has 0 spiro atoms. The van der Waals surface area contributed by atoms with Crippen molar-refractivity contribution in [3.8, 4) is 5.75 Å². The second-order valence-electron chi connectivity index (χ2n) is 10.6. The molecule has 0 saturated heterocycles. The highest BCUT2D eigenvalue weighted by Crippen LogP contribution is 2.28. The topological polar surface area (TPSA) is 138 Å². The number of aromatic amines is 1. The minimum Gasteiger partial charge on any atom is -0.483 e. The van der Waals surface area contributed by atoms with Crippen LogP contribution < -0.4 is 15.4 Å². The van der Waals surface area contributed by atoms with Gasteiger partial charge in [-0.3, -0.25) is 19.2 Å². The number of carbonyl (C=O) groups excluding carboxylic acids is 3. The Morgan fingerprint density at radius 1 is 1.00 bits per heavy atom. The number of aromatic nitrogens is 1. The normalized spacial score (nSPS) is 12.8. The number of aliphatic carboxylic acids is 1. The van der Waals surface area contributed by atoms with E-state index < -0.39 is 54.5 Å². The molecule has 3 aromatic rings. The summed E-state index contributed by atoms with van der Waals surface area (Å²) in [5.41, 5.74) is 3.04. The standard InChI is InChI=1S/C30H36FN3O6/c1-16(2)13-19-26-18(5)9-8-11-21(26)32-28(19)30(39)34-27(17(3)4)29(38)33-22(14-25(36)37)23(35)15-40-24-12-7-6-10-20(24)31/h6-12,16-17,22,27,32H,13-15H2,1-5H3,(H,33,38)(H,34,39)(H,36,37)/t22?,27-/m0/s1. The van der Waals surface area contributed by atoms with Crippen LogP contribution in [0.25, 0.3) is 10.9 Å². The number of Topliss-reactive ketones (excluding diaryl/α,β-unsaturated/α-hetero) is 1. The number of carbonyl (C=O) groups is 4. The first-order valence-electron chi connectivity index (χ1n) is 13.2. The molecule has 0 aliphatic rings. The molecule has 10 heteroatoms. The molecule has 3 rings (SSSR count). The average molecular weight is 554 g/mol. The van der Waals surface area contributed by atoms with Gasteiger partial charge < -0.3 is 25.5 Å². The third-order valence-electron chi connectivity index (χ3n) is 6.50. The van der Waals surface area contributed by atoms with Crippen molar-refractivity contribution in [2.75, 3.05) is 6.61 Å². The number of rotatable bonds is 13. The Kier molecular flexibility index (Phi) is 10.0. The Morgan fingerprint density at radius 3 is 2.33 bits per heavy atom. The maximum atomic E-state index is 13.9. The highest BCUT2D eigenvalue weighted by atomic mass is 19.1. The number of halogens is 1. The van der Waals surface area contributed by atoms with E-state index in [4.69, 9.17) is 4.74 Å². The van der Waals surface area contributed by atoms with Crippen molar-refractivity contribution in [3.63, 3.8) is 0 Å². The van der Waals surface area contributed by atoms with Gasteiger partial charge in [-0.25, -0.2) is 4.39 Å². The Balaban J connectivity index is 1.80. The quantitative estimate of drug-likeness (QED) is 0.251. The molecule has 1 heterocycles. The molecule has 2 aromatic carbocycles. The van der Waals surface area contributed by atoms with Gasteiger partial charge in [0.2, 0.25) is 5.91 Å². The van der Waals surface area contributed by atoms with Gasteiger partial charge in [-0.15, -0.1) is 0 Å². The highest BCUT2D eigenvalue weighted by molar-refractivity contribution is 6.04. The van der Waals surface area contributed by atoms with Crippen LogP contribution in [0.1, 0.15) is 55.7 Å². The largest absolute Gasteiger partial charge is 0.483 e. The highest BCUT2D eigenvalue weighted by Gasteiger charge is 2.31. The van der Waals surface area contributed by atoms with Gasteiger partial charge in [0.25, 0.3) is 5.91 Å². The SMILES string of the molecule is Cc1cccc2[nH]c(C(=O)N[C@H](C(=O)NC(CC(=O)O)C(=O)COc3ccccc3F)C(C)C)c(CC(C)C)c12. The van der Waals surface area contributed by atoms with E-state index in [1.54, 1.807) is 13.8 Å². The average Bonchev–Trinajstić information content (AvgIpc) is 3.24. The minimum absolute atomic E-state index is 0.172. The molecule has 0 radical (unpaired) electrons. The van der Waals surface area contributed by atoms with Crippen molar-refractivity contribution in [2.24, 2.45) is 11.8 Å². The van der Waals surface area contributed by atoms with Gasteiger partial charge in [-0.1, -0.05) is 52.0 Å². The van der Waals surface area contributed by atoms with Crippen LogP contribution in [0.5, 0.6) is 5.75 Å². The fraction of sp³-hybridized carbons (Fsp3) is 0.400. The minimum atomic E-state index is -1.44. The number of aryl methyl sites for hydroxylation is 1. The number of nitrogens with one attached hydrogen (secondary N) is 3. The van der Waals surface area contributed by atoms with E-state index in [9.17, 15) is 28.7 Å². The number of fused-ring (bicyclic) bond motifs is 1. The van der Waals surface area contributed by atoms with Crippen LogP contribution in [0.2, 0.25) is 0 Å². The number of amides is 2. The first-order chi connectivity index (χ1) is 18.9. The molecule has 2 atom stereocenters. The Bertz CT molecular complexity index is 1400. The molecule has 1 unspecified atom stereocenters. The Morgan fingerprint density at radius 2 is 1.70 bits per heavy atom. The lowest BCUT2D eigenvalue weighted by Crippen LogP contribution is -2.54. The summed E-state index contributed by atoms with van der Waals surface area (Å²) < 4.78 is 19.1. The first-order valence-corrected chi connectivity index (χ1v) is 13.2. The monoisotopic (exact) mass is 553 g/mol. The van der Waals surface area contributed by atoms with Crippen molar-refractivity contribution in [1.29, 1.82) is 0 Å². The number of para-hydroxylation sites is 1. The van der Waals surface area contributed by atoms with Crippen molar-refractivity contribution >= 4 is 34.5 Å². The van der Waals surface area contributed by atoms with Crippen LogP contribution in [0, 0.1) is 24.6 Å². The van der Waals surface area contributed by atoms with E-state index >= 15 is 0 Å². The van der Waals surface area contributed by atoms with Crippen LogP contribution >= 0.6 is 0 Å².